The van der Waals surface area contributed by atoms with E-state index in [1.165, 1.54) is 4.90 Å². The minimum Gasteiger partial charge on any atom is -0.484 e. The number of hydrogen-bond acceptors (Lipinski definition) is 5. The summed E-state index contributed by atoms with van der Waals surface area (Å²) in [7, 11) is 0. The highest BCUT2D eigenvalue weighted by Gasteiger charge is 2.44. The number of piperidine rings is 2. The molecule has 178 valence electrons. The van der Waals surface area contributed by atoms with Crippen LogP contribution >= 0.6 is 0 Å². The van der Waals surface area contributed by atoms with Gasteiger partial charge in [0.25, 0.3) is 5.91 Å². The summed E-state index contributed by atoms with van der Waals surface area (Å²) in [5, 5.41) is 0. The van der Waals surface area contributed by atoms with Gasteiger partial charge in [-0.3, -0.25) is 9.69 Å². The van der Waals surface area contributed by atoms with Crippen LogP contribution in [0.4, 0.5) is 23.4 Å². The molecule has 2 aromatic rings. The topological polar surface area (TPSA) is 71.7 Å². The van der Waals surface area contributed by atoms with Gasteiger partial charge < -0.3 is 15.4 Å². The molecule has 2 aliphatic rings. The number of carbonyl (C=O) groups is 1. The van der Waals surface area contributed by atoms with Gasteiger partial charge in [0.1, 0.15) is 17.7 Å². The molecule has 0 atom stereocenters. The lowest BCUT2D eigenvalue weighted by Crippen LogP contribution is -2.54. The zero-order valence-electron chi connectivity index (χ0n) is 18.1. The lowest BCUT2D eigenvalue weighted by molar-refractivity contribution is -0.149. The normalized spacial score (nSPS) is 19.5. The molecule has 0 saturated carbocycles. The molecule has 0 radical (unpaired) electrons. The number of hydrogen-bond donors (Lipinski definition) is 1. The molecule has 0 aliphatic carbocycles. The second-order valence-corrected chi connectivity index (χ2v) is 8.64. The van der Waals surface area contributed by atoms with Gasteiger partial charge in [0.2, 0.25) is 0 Å². The molecule has 1 aromatic heterocycles. The van der Waals surface area contributed by atoms with Crippen molar-refractivity contribution in [2.75, 3.05) is 31.9 Å². The smallest absolute Gasteiger partial charge is 0.260 e. The molecule has 10 heteroatoms. The Labute approximate surface area is 189 Å². The maximum absolute atomic E-state index is 15.5. The van der Waals surface area contributed by atoms with Crippen LogP contribution in [0.3, 0.4) is 0 Å². The van der Waals surface area contributed by atoms with Crippen LogP contribution in [0, 0.1) is 17.5 Å². The largest absolute Gasteiger partial charge is 0.484 e. The fraction of sp³-hybridized carbons (Fsp3) is 0.478. The van der Waals surface area contributed by atoms with Crippen molar-refractivity contribution in [1.29, 1.82) is 0 Å². The second kappa shape index (κ2) is 9.54. The molecule has 33 heavy (non-hydrogen) atoms. The van der Waals surface area contributed by atoms with Crippen LogP contribution in [-0.4, -0.2) is 58.6 Å². The van der Waals surface area contributed by atoms with Crippen molar-refractivity contribution in [1.82, 2.24) is 14.8 Å². The quantitative estimate of drug-likeness (QED) is 0.684. The van der Waals surface area contributed by atoms with E-state index in [1.54, 1.807) is 12.3 Å². The molecule has 0 bridgehead atoms. The van der Waals surface area contributed by atoms with Crippen LogP contribution in [0.2, 0.25) is 0 Å². The Kier molecular flexibility index (Phi) is 6.73. The molecule has 0 unspecified atom stereocenters. The number of nitrogens with zero attached hydrogens (tertiary/aromatic N) is 3. The number of nitrogens with two attached hydrogens (primary N) is 1. The van der Waals surface area contributed by atoms with Gasteiger partial charge in [0.05, 0.1) is 0 Å². The monoisotopic (exact) mass is 466 g/mol. The Morgan fingerprint density at radius 3 is 2.33 bits per heavy atom. The molecular formula is C23H26F4N4O2. The summed E-state index contributed by atoms with van der Waals surface area (Å²) in [6, 6.07) is 4.74. The van der Waals surface area contributed by atoms with Crippen LogP contribution in [-0.2, 0) is 11.3 Å². The number of aromatic nitrogens is 1. The summed E-state index contributed by atoms with van der Waals surface area (Å²) in [4.78, 5) is 20.4. The zero-order chi connectivity index (χ0) is 23.6. The van der Waals surface area contributed by atoms with Crippen LogP contribution in [0.15, 0.2) is 30.5 Å². The van der Waals surface area contributed by atoms with Gasteiger partial charge in [0, 0.05) is 76.7 Å². The molecule has 3 heterocycles. The average Bonchev–Trinajstić information content (AvgIpc) is 2.78. The number of rotatable bonds is 5. The van der Waals surface area contributed by atoms with Gasteiger partial charge in [-0.2, -0.15) is 0 Å². The van der Waals surface area contributed by atoms with E-state index in [1.807, 2.05) is 6.07 Å². The van der Waals surface area contributed by atoms with Gasteiger partial charge >= 0.3 is 0 Å². The van der Waals surface area contributed by atoms with E-state index in [0.717, 1.165) is 5.56 Å². The van der Waals surface area contributed by atoms with Gasteiger partial charge in [0.15, 0.2) is 23.1 Å². The lowest BCUT2D eigenvalue weighted by Gasteiger charge is -2.40. The Morgan fingerprint density at radius 2 is 1.73 bits per heavy atom. The number of benzene rings is 1. The van der Waals surface area contributed by atoms with Crippen molar-refractivity contribution in [2.24, 2.45) is 0 Å². The van der Waals surface area contributed by atoms with Crippen molar-refractivity contribution in [3.8, 4) is 5.75 Å². The number of ether oxygens (including phenoxy) is 1. The predicted octanol–water partition coefficient (Wildman–Crippen LogP) is 3.46. The number of anilines is 1. The minimum absolute atomic E-state index is 0.0921. The summed E-state index contributed by atoms with van der Waals surface area (Å²) in [5.41, 5.74) is 4.75. The highest BCUT2D eigenvalue weighted by molar-refractivity contribution is 5.85. The van der Waals surface area contributed by atoms with Gasteiger partial charge in [-0.05, 0) is 17.7 Å². The predicted molar refractivity (Wildman–Crippen MR) is 114 cm³/mol. The maximum atomic E-state index is 15.5. The molecule has 2 aliphatic heterocycles. The standard InChI is InChI=1S/C23H26F4N4O2/c24-16-12-18(25)21(19(26)13-16)33-17-2-7-31(8-3-17)22(32)23(27)4-9-30(10-5-23)14-15-1-6-29-20(28)11-15/h1,6,11-13,17H,2-5,7-10,14H2,(H2,28,29). The third kappa shape index (κ3) is 5.38. The fourth-order valence-electron chi connectivity index (χ4n) is 4.40. The van der Waals surface area contributed by atoms with E-state index in [4.69, 9.17) is 10.5 Å². The van der Waals surface area contributed by atoms with E-state index in [2.05, 4.69) is 9.88 Å². The summed E-state index contributed by atoms with van der Waals surface area (Å²) in [6.07, 6.45) is 1.86. The van der Waals surface area contributed by atoms with Gasteiger partial charge in [-0.1, -0.05) is 0 Å². The first-order chi connectivity index (χ1) is 15.7. The molecule has 2 saturated heterocycles. The first kappa shape index (κ1) is 23.3. The number of halogens is 4. The molecular weight excluding hydrogens is 440 g/mol. The molecule has 4 rings (SSSR count). The van der Waals surface area contributed by atoms with Crippen molar-refractivity contribution < 1.29 is 27.1 Å². The van der Waals surface area contributed by atoms with E-state index in [9.17, 15) is 18.0 Å². The van der Waals surface area contributed by atoms with E-state index < -0.39 is 40.9 Å². The SMILES string of the molecule is Nc1cc(CN2CCC(F)(C(=O)N3CCC(Oc4c(F)cc(F)cc4F)CC3)CC2)ccn1. The Bertz CT molecular complexity index is 983. The summed E-state index contributed by atoms with van der Waals surface area (Å²) in [5.74, 6) is -4.01. The molecule has 2 N–H and O–H groups in total. The summed E-state index contributed by atoms with van der Waals surface area (Å²) >= 11 is 0. The molecule has 1 aromatic carbocycles. The molecule has 1 amide bonds. The van der Waals surface area contributed by atoms with E-state index in [0.29, 0.717) is 50.4 Å². The van der Waals surface area contributed by atoms with Crippen LogP contribution in [0.5, 0.6) is 5.75 Å². The first-order valence-electron chi connectivity index (χ1n) is 11.0. The molecule has 2 fully saturated rings. The molecule has 6 nitrogen and oxygen atoms in total. The Hall–Kier alpha value is -2.88. The van der Waals surface area contributed by atoms with Crippen LogP contribution < -0.4 is 10.5 Å². The van der Waals surface area contributed by atoms with Gasteiger partial charge in [-0.25, -0.2) is 22.5 Å². The van der Waals surface area contributed by atoms with E-state index >= 15 is 4.39 Å². The van der Waals surface area contributed by atoms with Crippen LogP contribution in [0.25, 0.3) is 0 Å². The van der Waals surface area contributed by atoms with Crippen molar-refractivity contribution in [3.05, 3.63) is 53.5 Å². The number of pyridine rings is 1. The highest BCUT2D eigenvalue weighted by Crippen LogP contribution is 2.32. The minimum atomic E-state index is -1.93. The lowest BCUT2D eigenvalue weighted by atomic mass is 9.90. The van der Waals surface area contributed by atoms with E-state index in [-0.39, 0.29) is 25.9 Å². The third-order valence-electron chi connectivity index (χ3n) is 6.26. The first-order valence-corrected chi connectivity index (χ1v) is 11.0. The Morgan fingerprint density at radius 1 is 1.09 bits per heavy atom. The number of carbonyl (C=O) groups excluding carboxylic acids is 1. The summed E-state index contributed by atoms with van der Waals surface area (Å²) in [6.45, 7) is 1.93. The number of amides is 1. The highest BCUT2D eigenvalue weighted by atomic mass is 19.2. The average molecular weight is 466 g/mol. The number of likely N-dealkylation sites (tertiary alicyclic amines) is 2. The number of nitrogen functional groups attached to an aromatic ring is 1. The second-order valence-electron chi connectivity index (χ2n) is 8.64. The molecule has 0 spiro atoms. The van der Waals surface area contributed by atoms with Crippen molar-refractivity contribution in [3.63, 3.8) is 0 Å². The maximum Gasteiger partial charge on any atom is 0.260 e. The number of alkyl halides is 1. The fourth-order valence-corrected chi connectivity index (χ4v) is 4.40. The van der Waals surface area contributed by atoms with Crippen molar-refractivity contribution >= 4 is 11.7 Å². The third-order valence-corrected chi connectivity index (χ3v) is 6.26. The van der Waals surface area contributed by atoms with Gasteiger partial charge in [-0.15, -0.1) is 0 Å². The zero-order valence-corrected chi connectivity index (χ0v) is 18.1. The van der Waals surface area contributed by atoms with Crippen molar-refractivity contribution in [2.45, 2.75) is 44.0 Å². The Balaban J connectivity index is 1.28. The van der Waals surface area contributed by atoms with Crippen LogP contribution in [0.1, 0.15) is 31.2 Å². The summed E-state index contributed by atoms with van der Waals surface area (Å²) < 4.78 is 61.6.